The van der Waals surface area contributed by atoms with E-state index in [4.69, 9.17) is 14.6 Å². The largest absolute Gasteiger partial charge is 0.490 e. The maximum absolute atomic E-state index is 11.1. The Bertz CT molecular complexity index is 1190. The molecule has 3 rings (SSSR count). The van der Waals surface area contributed by atoms with Gasteiger partial charge < -0.3 is 14.6 Å². The van der Waals surface area contributed by atoms with Gasteiger partial charge in [0.2, 0.25) is 0 Å². The second kappa shape index (κ2) is 11.4. The summed E-state index contributed by atoms with van der Waals surface area (Å²) in [4.78, 5) is 11.1. The molecule has 33 heavy (non-hydrogen) atoms. The number of carbonyl (C=O) groups is 1. The second-order valence-corrected chi connectivity index (χ2v) is 7.26. The molecule has 1 N–H and O–H groups in total. The van der Waals surface area contributed by atoms with Crippen LogP contribution in [-0.4, -0.2) is 17.7 Å². The summed E-state index contributed by atoms with van der Waals surface area (Å²) in [6, 6.07) is 22.2. The lowest BCUT2D eigenvalue weighted by molar-refractivity contribution is 0.0697. The lowest BCUT2D eigenvalue weighted by Crippen LogP contribution is -2.04. The van der Waals surface area contributed by atoms with Gasteiger partial charge >= 0.3 is 5.97 Å². The van der Waals surface area contributed by atoms with E-state index in [1.807, 2.05) is 55.5 Å². The zero-order valence-corrected chi connectivity index (χ0v) is 18.5. The van der Waals surface area contributed by atoms with Gasteiger partial charge in [-0.3, -0.25) is 0 Å². The molecule has 0 aliphatic heterocycles. The van der Waals surface area contributed by atoms with Crippen molar-refractivity contribution in [3.05, 3.63) is 107 Å². The average molecular weight is 440 g/mol. The Hall–Kier alpha value is -4.30. The minimum Gasteiger partial charge on any atom is -0.490 e. The van der Waals surface area contributed by atoms with Crippen LogP contribution in [0, 0.1) is 11.3 Å². The molecule has 0 unspecified atom stereocenters. The maximum atomic E-state index is 11.1. The van der Waals surface area contributed by atoms with Crippen LogP contribution in [-0.2, 0) is 13.0 Å². The third-order valence-electron chi connectivity index (χ3n) is 4.92. The summed E-state index contributed by atoms with van der Waals surface area (Å²) in [5.41, 5.74) is 4.17. The summed E-state index contributed by atoms with van der Waals surface area (Å²) in [6.07, 6.45) is 4.18. The van der Waals surface area contributed by atoms with Gasteiger partial charge in [-0.05, 0) is 60.4 Å². The van der Waals surface area contributed by atoms with Crippen molar-refractivity contribution in [1.82, 2.24) is 0 Å². The van der Waals surface area contributed by atoms with Crippen LogP contribution in [0.15, 0.2) is 79.4 Å². The fraction of sp³-hybridized carbons (Fsp3) is 0.143. The molecule has 0 aliphatic rings. The van der Waals surface area contributed by atoms with E-state index in [1.54, 1.807) is 30.3 Å². The van der Waals surface area contributed by atoms with E-state index >= 15 is 0 Å². The highest BCUT2D eigenvalue weighted by atomic mass is 16.5. The highest BCUT2D eigenvalue weighted by Gasteiger charge is 2.14. The van der Waals surface area contributed by atoms with Crippen molar-refractivity contribution in [2.45, 2.75) is 20.0 Å². The highest BCUT2D eigenvalue weighted by molar-refractivity contribution is 5.90. The number of nitriles is 1. The Morgan fingerprint density at radius 1 is 1.06 bits per heavy atom. The Kier molecular flexibility index (Phi) is 8.04. The van der Waals surface area contributed by atoms with Gasteiger partial charge in [-0.15, -0.1) is 6.58 Å². The summed E-state index contributed by atoms with van der Waals surface area (Å²) in [5, 5.41) is 18.7. The van der Waals surface area contributed by atoms with E-state index in [0.29, 0.717) is 30.1 Å². The Morgan fingerprint density at radius 2 is 1.79 bits per heavy atom. The summed E-state index contributed by atoms with van der Waals surface area (Å²) < 4.78 is 12.0. The molecule has 5 nitrogen and oxygen atoms in total. The van der Waals surface area contributed by atoms with Crippen LogP contribution >= 0.6 is 0 Å². The number of hydrogen-bond donors (Lipinski definition) is 1. The monoisotopic (exact) mass is 439 g/mol. The van der Waals surface area contributed by atoms with Crippen molar-refractivity contribution >= 4 is 17.6 Å². The van der Waals surface area contributed by atoms with E-state index in [9.17, 15) is 10.1 Å². The van der Waals surface area contributed by atoms with Crippen LogP contribution in [0.25, 0.3) is 11.6 Å². The highest BCUT2D eigenvalue weighted by Crippen LogP contribution is 2.36. The average Bonchev–Trinajstić information content (AvgIpc) is 2.83. The van der Waals surface area contributed by atoms with Gasteiger partial charge in [-0.1, -0.05) is 48.5 Å². The fourth-order valence-electron chi connectivity index (χ4n) is 3.36. The van der Waals surface area contributed by atoms with Crippen molar-refractivity contribution in [2.75, 3.05) is 6.61 Å². The first-order chi connectivity index (χ1) is 16.0. The van der Waals surface area contributed by atoms with Gasteiger partial charge in [0.1, 0.15) is 6.61 Å². The van der Waals surface area contributed by atoms with Crippen molar-refractivity contribution in [3.63, 3.8) is 0 Å². The van der Waals surface area contributed by atoms with Crippen molar-refractivity contribution in [1.29, 1.82) is 5.26 Å². The van der Waals surface area contributed by atoms with Gasteiger partial charge in [0.05, 0.1) is 23.8 Å². The summed E-state index contributed by atoms with van der Waals surface area (Å²) >= 11 is 0. The maximum Gasteiger partial charge on any atom is 0.335 e. The SMILES string of the molecule is C=CCc1cc(/C=C(\C#N)c2ccccc2)cc(OCC)c1OCc1ccc(C(=O)O)cc1. The number of hydrogen-bond acceptors (Lipinski definition) is 4. The van der Waals surface area contributed by atoms with Crippen molar-refractivity contribution < 1.29 is 19.4 Å². The molecule has 5 heteroatoms. The van der Waals surface area contributed by atoms with Gasteiger partial charge in [0.25, 0.3) is 0 Å². The fourth-order valence-corrected chi connectivity index (χ4v) is 3.36. The van der Waals surface area contributed by atoms with Crippen molar-refractivity contribution in [3.8, 4) is 17.6 Å². The molecule has 0 heterocycles. The van der Waals surface area contributed by atoms with Gasteiger partial charge in [-0.2, -0.15) is 5.26 Å². The second-order valence-electron chi connectivity index (χ2n) is 7.26. The first kappa shape index (κ1) is 23.4. The normalized spacial score (nSPS) is 10.8. The quantitative estimate of drug-likeness (QED) is 0.233. The van der Waals surface area contributed by atoms with Crippen molar-refractivity contribution in [2.24, 2.45) is 0 Å². The number of rotatable bonds is 10. The van der Waals surface area contributed by atoms with Crippen LogP contribution in [0.2, 0.25) is 0 Å². The summed E-state index contributed by atoms with van der Waals surface area (Å²) in [6.45, 7) is 6.46. The molecule has 0 aromatic heterocycles. The van der Waals surface area contributed by atoms with Crippen LogP contribution in [0.3, 0.4) is 0 Å². The topological polar surface area (TPSA) is 79.5 Å². The predicted molar refractivity (Wildman–Crippen MR) is 129 cm³/mol. The lowest BCUT2D eigenvalue weighted by Gasteiger charge is -2.17. The molecule has 0 fully saturated rings. The molecule has 0 spiro atoms. The van der Waals surface area contributed by atoms with Crippen LogP contribution in [0.1, 0.15) is 39.5 Å². The summed E-state index contributed by atoms with van der Waals surface area (Å²) in [7, 11) is 0. The first-order valence-corrected chi connectivity index (χ1v) is 10.6. The number of aromatic carboxylic acids is 1. The molecule has 3 aromatic rings. The van der Waals surface area contributed by atoms with E-state index in [1.165, 1.54) is 0 Å². The lowest BCUT2D eigenvalue weighted by atomic mass is 10.0. The van der Waals surface area contributed by atoms with Gasteiger partial charge in [0.15, 0.2) is 11.5 Å². The number of benzene rings is 3. The van der Waals surface area contributed by atoms with Gasteiger partial charge in [-0.25, -0.2) is 4.79 Å². The van der Waals surface area contributed by atoms with Crippen LogP contribution < -0.4 is 9.47 Å². The van der Waals surface area contributed by atoms with E-state index < -0.39 is 5.97 Å². The third kappa shape index (κ3) is 6.11. The number of allylic oxidation sites excluding steroid dienone is 2. The van der Waals surface area contributed by atoms with Crippen LogP contribution in [0.4, 0.5) is 0 Å². The van der Waals surface area contributed by atoms with E-state index in [0.717, 1.165) is 22.3 Å². The number of carboxylic acids is 1. The number of carboxylic acid groups (broad SMARTS) is 1. The molecule has 166 valence electrons. The molecule has 0 atom stereocenters. The zero-order chi connectivity index (χ0) is 23.6. The third-order valence-corrected chi connectivity index (χ3v) is 4.92. The molecule has 0 saturated carbocycles. The molecule has 0 bridgehead atoms. The molecular formula is C28H25NO4. The minimum atomic E-state index is -0.967. The zero-order valence-electron chi connectivity index (χ0n) is 18.5. The standard InChI is InChI=1S/C28H25NO4/c1-3-8-24-15-21(16-25(18-29)22-9-6-5-7-10-22)17-26(32-4-2)27(24)33-19-20-11-13-23(14-12-20)28(30)31/h3,5-7,9-17H,1,4,8,19H2,2H3,(H,30,31)/b25-16+. The minimum absolute atomic E-state index is 0.226. The number of nitrogens with zero attached hydrogens (tertiary/aromatic N) is 1. The molecule has 0 saturated heterocycles. The predicted octanol–water partition coefficient (Wildman–Crippen LogP) is 6.16. The Labute approximate surface area is 193 Å². The molecule has 0 radical (unpaired) electrons. The first-order valence-electron chi connectivity index (χ1n) is 10.6. The molecule has 3 aromatic carbocycles. The molecular weight excluding hydrogens is 414 g/mol. The number of ether oxygens (including phenoxy) is 2. The van der Waals surface area contributed by atoms with E-state index in [-0.39, 0.29) is 12.2 Å². The Morgan fingerprint density at radius 3 is 2.39 bits per heavy atom. The summed E-state index contributed by atoms with van der Waals surface area (Å²) in [5.74, 6) is 0.218. The van der Waals surface area contributed by atoms with Crippen LogP contribution in [0.5, 0.6) is 11.5 Å². The Balaban J connectivity index is 1.96. The molecule has 0 aliphatic carbocycles. The molecule has 0 amide bonds. The van der Waals surface area contributed by atoms with E-state index in [2.05, 4.69) is 12.6 Å². The smallest absolute Gasteiger partial charge is 0.335 e. The van der Waals surface area contributed by atoms with Gasteiger partial charge in [0, 0.05) is 5.56 Å².